The molecule has 6 nitrogen and oxygen atoms in total. The molecule has 6 heteroatoms. The van der Waals surface area contributed by atoms with Crippen molar-refractivity contribution in [1.29, 1.82) is 0 Å². The number of hydrogen-bond acceptors (Lipinski definition) is 5. The molecule has 1 aliphatic rings. The number of nitrogen functional groups attached to an aromatic ring is 1. The van der Waals surface area contributed by atoms with Crippen LogP contribution in [0, 0.1) is 0 Å². The molecule has 0 radical (unpaired) electrons. The van der Waals surface area contributed by atoms with Gasteiger partial charge in [0.15, 0.2) is 0 Å². The molecule has 3 aromatic rings. The first-order valence-electron chi connectivity index (χ1n) is 8.51. The molecule has 2 aromatic carbocycles. The molecular formula is C19H21N5O. The molecule has 1 aliphatic heterocycles. The zero-order valence-electron chi connectivity index (χ0n) is 14.1. The van der Waals surface area contributed by atoms with Gasteiger partial charge in [0.2, 0.25) is 11.9 Å². The van der Waals surface area contributed by atoms with Crippen molar-refractivity contribution in [2.75, 3.05) is 17.7 Å². The minimum absolute atomic E-state index is 0.0961. The van der Waals surface area contributed by atoms with E-state index in [-0.39, 0.29) is 18.0 Å². The van der Waals surface area contributed by atoms with Crippen molar-refractivity contribution in [2.24, 2.45) is 0 Å². The van der Waals surface area contributed by atoms with Gasteiger partial charge >= 0.3 is 0 Å². The monoisotopic (exact) mass is 335 g/mol. The molecule has 4 rings (SSSR count). The first-order chi connectivity index (χ1) is 12.2. The number of benzene rings is 2. The van der Waals surface area contributed by atoms with E-state index in [0.717, 1.165) is 12.2 Å². The lowest BCUT2D eigenvalue weighted by molar-refractivity contribution is 0.340. The molecule has 0 spiro atoms. The van der Waals surface area contributed by atoms with E-state index in [2.05, 4.69) is 39.7 Å². The molecule has 1 aromatic heterocycles. The number of aromatic nitrogens is 3. The third kappa shape index (κ3) is 3.03. The summed E-state index contributed by atoms with van der Waals surface area (Å²) >= 11 is 0. The van der Waals surface area contributed by atoms with Crippen molar-refractivity contribution in [3.8, 4) is 5.75 Å². The van der Waals surface area contributed by atoms with Crippen LogP contribution in [0.15, 0.2) is 54.6 Å². The minimum Gasteiger partial charge on any atom is -0.494 e. The summed E-state index contributed by atoms with van der Waals surface area (Å²) in [5.74, 6) is 1.88. The highest BCUT2D eigenvalue weighted by Gasteiger charge is 2.30. The minimum atomic E-state index is 0.0961. The van der Waals surface area contributed by atoms with E-state index in [1.54, 1.807) is 0 Å². The second kappa shape index (κ2) is 6.47. The van der Waals surface area contributed by atoms with Gasteiger partial charge in [-0.1, -0.05) is 42.5 Å². The molecule has 25 heavy (non-hydrogen) atoms. The number of anilines is 2. The van der Waals surface area contributed by atoms with E-state index < -0.39 is 0 Å². The second-order valence-corrected chi connectivity index (χ2v) is 6.10. The van der Waals surface area contributed by atoms with Crippen molar-refractivity contribution in [3.63, 3.8) is 0 Å². The number of nitrogens with two attached hydrogens (primary N) is 1. The molecule has 0 fully saturated rings. The Hall–Kier alpha value is -3.02. The largest absolute Gasteiger partial charge is 0.494 e. The highest BCUT2D eigenvalue weighted by atomic mass is 16.5. The second-order valence-electron chi connectivity index (χ2n) is 6.10. The van der Waals surface area contributed by atoms with Gasteiger partial charge in [-0.3, -0.25) is 0 Å². The zero-order valence-corrected chi connectivity index (χ0v) is 14.1. The fraction of sp³-hybridized carbons (Fsp3) is 0.263. The van der Waals surface area contributed by atoms with Gasteiger partial charge in [-0.05, 0) is 36.6 Å². The number of nitrogens with one attached hydrogen (secondary N) is 1. The molecule has 0 bridgehead atoms. The number of rotatable bonds is 4. The summed E-state index contributed by atoms with van der Waals surface area (Å²) in [4.78, 5) is 4.34. The van der Waals surface area contributed by atoms with Gasteiger partial charge in [-0.25, -0.2) is 4.68 Å². The van der Waals surface area contributed by atoms with E-state index in [1.807, 2.05) is 41.9 Å². The average molecular weight is 335 g/mol. The van der Waals surface area contributed by atoms with Gasteiger partial charge in [0, 0.05) is 0 Å². The Morgan fingerprint density at radius 3 is 2.60 bits per heavy atom. The van der Waals surface area contributed by atoms with Crippen LogP contribution in [-0.4, -0.2) is 21.4 Å². The summed E-state index contributed by atoms with van der Waals surface area (Å²) in [6, 6.07) is 18.8. The van der Waals surface area contributed by atoms with E-state index in [4.69, 9.17) is 10.5 Å². The van der Waals surface area contributed by atoms with Gasteiger partial charge in [0.05, 0.1) is 18.7 Å². The summed E-state index contributed by atoms with van der Waals surface area (Å²) in [7, 11) is 0. The Labute approximate surface area is 146 Å². The van der Waals surface area contributed by atoms with Crippen LogP contribution >= 0.6 is 0 Å². The third-order valence-electron chi connectivity index (χ3n) is 4.48. The first-order valence-corrected chi connectivity index (χ1v) is 8.51. The maximum atomic E-state index is 5.84. The SMILES string of the molecule is CCOc1ccc([C@H]2C[C@@H](c3ccccc3)n3nc(N)nc3N2)cc1. The molecule has 0 saturated carbocycles. The van der Waals surface area contributed by atoms with Crippen LogP contribution in [0.4, 0.5) is 11.9 Å². The Morgan fingerprint density at radius 2 is 1.88 bits per heavy atom. The fourth-order valence-corrected chi connectivity index (χ4v) is 3.33. The normalized spacial score (nSPS) is 19.1. The maximum Gasteiger partial charge on any atom is 0.241 e. The lowest BCUT2D eigenvalue weighted by atomic mass is 9.93. The smallest absolute Gasteiger partial charge is 0.241 e. The van der Waals surface area contributed by atoms with E-state index in [1.165, 1.54) is 11.1 Å². The molecule has 0 unspecified atom stereocenters. The van der Waals surface area contributed by atoms with Crippen molar-refractivity contribution < 1.29 is 4.74 Å². The first kappa shape index (κ1) is 15.5. The number of nitrogens with zero attached hydrogens (tertiary/aromatic N) is 3. The summed E-state index contributed by atoms with van der Waals surface area (Å²) < 4.78 is 7.42. The quantitative estimate of drug-likeness (QED) is 0.764. The average Bonchev–Trinajstić information content (AvgIpc) is 3.02. The van der Waals surface area contributed by atoms with E-state index in [0.29, 0.717) is 12.6 Å². The molecule has 0 amide bonds. The molecule has 3 N–H and O–H groups in total. The van der Waals surface area contributed by atoms with Crippen LogP contribution in [0.5, 0.6) is 5.75 Å². The molecule has 2 atom stereocenters. The van der Waals surface area contributed by atoms with Crippen molar-refractivity contribution >= 4 is 11.9 Å². The molecule has 0 saturated heterocycles. The van der Waals surface area contributed by atoms with Crippen LogP contribution < -0.4 is 15.8 Å². The lowest BCUT2D eigenvalue weighted by Crippen LogP contribution is -2.28. The Balaban J connectivity index is 1.67. The van der Waals surface area contributed by atoms with E-state index in [9.17, 15) is 0 Å². The predicted octanol–water partition coefficient (Wildman–Crippen LogP) is 3.41. The molecule has 128 valence electrons. The summed E-state index contributed by atoms with van der Waals surface area (Å²) in [5, 5.41) is 7.83. The van der Waals surface area contributed by atoms with Crippen LogP contribution in [0.1, 0.15) is 36.6 Å². The number of hydrogen-bond donors (Lipinski definition) is 2. The van der Waals surface area contributed by atoms with Gasteiger partial charge in [-0.15, -0.1) is 5.10 Å². The molecular weight excluding hydrogens is 314 g/mol. The van der Waals surface area contributed by atoms with Gasteiger partial charge in [0.1, 0.15) is 5.75 Å². The highest BCUT2D eigenvalue weighted by Crippen LogP contribution is 2.38. The molecule has 0 aliphatic carbocycles. The van der Waals surface area contributed by atoms with Crippen molar-refractivity contribution in [2.45, 2.75) is 25.4 Å². The molecule has 2 heterocycles. The fourth-order valence-electron chi connectivity index (χ4n) is 3.33. The zero-order chi connectivity index (χ0) is 17.2. The van der Waals surface area contributed by atoms with Gasteiger partial charge in [0.25, 0.3) is 0 Å². The van der Waals surface area contributed by atoms with E-state index >= 15 is 0 Å². The third-order valence-corrected chi connectivity index (χ3v) is 4.48. The Morgan fingerprint density at radius 1 is 1.12 bits per heavy atom. The standard InChI is InChI=1S/C19H21N5O/c1-2-25-15-10-8-13(9-11-15)16-12-17(14-6-4-3-5-7-14)24-19(21-16)22-18(20)23-24/h3-11,16-17H,2,12H2,1H3,(H3,20,21,22,23)/t16-,17+/m1/s1. The van der Waals surface area contributed by atoms with Crippen LogP contribution in [0.25, 0.3) is 0 Å². The summed E-state index contributed by atoms with van der Waals surface area (Å²) in [5.41, 5.74) is 8.23. The van der Waals surface area contributed by atoms with Crippen LogP contribution in [-0.2, 0) is 0 Å². The highest BCUT2D eigenvalue weighted by molar-refractivity contribution is 5.42. The number of ether oxygens (including phenoxy) is 1. The maximum absolute atomic E-state index is 5.84. The Kier molecular flexibility index (Phi) is 4.01. The van der Waals surface area contributed by atoms with Gasteiger partial charge in [-0.2, -0.15) is 4.98 Å². The van der Waals surface area contributed by atoms with Crippen LogP contribution in [0.3, 0.4) is 0 Å². The lowest BCUT2D eigenvalue weighted by Gasteiger charge is -2.31. The van der Waals surface area contributed by atoms with Crippen molar-refractivity contribution in [1.82, 2.24) is 14.8 Å². The van der Waals surface area contributed by atoms with Gasteiger partial charge < -0.3 is 15.8 Å². The summed E-state index contributed by atoms with van der Waals surface area (Å²) in [6.07, 6.45) is 0.869. The van der Waals surface area contributed by atoms with Crippen molar-refractivity contribution in [3.05, 3.63) is 65.7 Å². The Bertz CT molecular complexity index is 844. The topological polar surface area (TPSA) is 78.0 Å². The summed E-state index contributed by atoms with van der Waals surface area (Å²) in [6.45, 7) is 2.65. The predicted molar refractivity (Wildman–Crippen MR) is 97.6 cm³/mol. The number of fused-ring (bicyclic) bond motifs is 1. The van der Waals surface area contributed by atoms with Crippen LogP contribution in [0.2, 0.25) is 0 Å².